The number of hydrogen-bond donors (Lipinski definition) is 1. The van der Waals surface area contributed by atoms with Gasteiger partial charge in [-0.05, 0) is 22.6 Å². The Hall–Kier alpha value is -0.630. The van der Waals surface area contributed by atoms with Gasteiger partial charge in [0.2, 0.25) is 0 Å². The fourth-order valence-corrected chi connectivity index (χ4v) is 2.22. The van der Waals surface area contributed by atoms with Crippen molar-refractivity contribution in [2.24, 2.45) is 0 Å². The number of halogens is 1. The van der Waals surface area contributed by atoms with Crippen LogP contribution in [0.25, 0.3) is 0 Å². The molecule has 0 amide bonds. The molecule has 0 aromatic carbocycles. The van der Waals surface area contributed by atoms with Crippen molar-refractivity contribution in [3.8, 4) is 5.75 Å². The second-order valence-electron chi connectivity index (χ2n) is 1.77. The average Bonchev–Trinajstić information content (AvgIpc) is 2.32. The molecule has 1 N–H and O–H groups in total. The molecule has 1 aromatic heterocycles. The van der Waals surface area contributed by atoms with Crippen LogP contribution in [-0.4, -0.2) is 17.5 Å². The highest BCUT2D eigenvalue weighted by atomic mass is 127. The molecule has 0 spiro atoms. The Morgan fingerprint density at radius 3 is 2.92 bits per heavy atom. The molecule has 0 atom stereocenters. The SMILES string of the molecule is O=COc1csc(I)c1C(=O)O. The van der Waals surface area contributed by atoms with Gasteiger partial charge in [0.25, 0.3) is 6.47 Å². The zero-order chi connectivity index (χ0) is 9.14. The maximum Gasteiger partial charge on any atom is 0.341 e. The van der Waals surface area contributed by atoms with Crippen molar-refractivity contribution >= 4 is 46.4 Å². The Morgan fingerprint density at radius 1 is 1.75 bits per heavy atom. The van der Waals surface area contributed by atoms with Gasteiger partial charge in [0.1, 0.15) is 5.56 Å². The number of carboxylic acid groups (broad SMARTS) is 1. The Kier molecular flexibility index (Phi) is 3.04. The van der Waals surface area contributed by atoms with Crippen LogP contribution >= 0.6 is 33.9 Å². The molecule has 0 radical (unpaired) electrons. The third kappa shape index (κ3) is 1.75. The van der Waals surface area contributed by atoms with Gasteiger partial charge in [-0.1, -0.05) is 0 Å². The molecule has 0 fully saturated rings. The summed E-state index contributed by atoms with van der Waals surface area (Å²) < 4.78 is 5.06. The molecule has 1 heterocycles. The first-order valence-corrected chi connectivity index (χ1v) is 4.73. The van der Waals surface area contributed by atoms with E-state index in [-0.39, 0.29) is 17.8 Å². The van der Waals surface area contributed by atoms with Crippen LogP contribution in [-0.2, 0) is 4.79 Å². The molecular weight excluding hydrogens is 295 g/mol. The Balaban J connectivity index is 3.11. The Labute approximate surface area is 85.3 Å². The Bertz CT molecular complexity index is 319. The first kappa shape index (κ1) is 9.46. The van der Waals surface area contributed by atoms with E-state index in [4.69, 9.17) is 5.11 Å². The highest BCUT2D eigenvalue weighted by Gasteiger charge is 2.17. The number of rotatable bonds is 3. The summed E-state index contributed by atoms with van der Waals surface area (Å²) in [5.41, 5.74) is 0.0488. The first-order valence-electron chi connectivity index (χ1n) is 2.77. The lowest BCUT2D eigenvalue weighted by Gasteiger charge is -1.95. The van der Waals surface area contributed by atoms with E-state index in [1.807, 2.05) is 22.6 Å². The van der Waals surface area contributed by atoms with Crippen LogP contribution in [0, 0.1) is 2.88 Å². The van der Waals surface area contributed by atoms with E-state index in [0.29, 0.717) is 2.88 Å². The Morgan fingerprint density at radius 2 is 2.42 bits per heavy atom. The molecule has 0 unspecified atom stereocenters. The number of carbonyl (C=O) groups excluding carboxylic acids is 1. The molecular formula is C6H3IO4S. The van der Waals surface area contributed by atoms with E-state index in [1.165, 1.54) is 16.7 Å². The van der Waals surface area contributed by atoms with E-state index in [2.05, 4.69) is 4.74 Å². The molecule has 12 heavy (non-hydrogen) atoms. The van der Waals surface area contributed by atoms with Crippen LogP contribution in [0.5, 0.6) is 5.75 Å². The van der Waals surface area contributed by atoms with Crippen LogP contribution in [0.3, 0.4) is 0 Å². The van der Waals surface area contributed by atoms with Gasteiger partial charge in [0.15, 0.2) is 5.75 Å². The van der Waals surface area contributed by atoms with Crippen molar-refractivity contribution in [1.29, 1.82) is 0 Å². The summed E-state index contributed by atoms with van der Waals surface area (Å²) in [5.74, 6) is -0.982. The maximum atomic E-state index is 10.6. The lowest BCUT2D eigenvalue weighted by atomic mass is 10.3. The molecule has 0 saturated carbocycles. The van der Waals surface area contributed by atoms with Gasteiger partial charge in [0.05, 0.1) is 2.88 Å². The monoisotopic (exact) mass is 298 g/mol. The quantitative estimate of drug-likeness (QED) is 0.680. The molecule has 0 aliphatic rings. The summed E-state index contributed by atoms with van der Waals surface area (Å²) in [5, 5.41) is 10.2. The molecule has 0 aliphatic heterocycles. The number of hydrogen-bond acceptors (Lipinski definition) is 4. The molecule has 64 valence electrons. The average molecular weight is 298 g/mol. The van der Waals surface area contributed by atoms with Crippen LogP contribution in [0.4, 0.5) is 0 Å². The summed E-state index contributed by atoms with van der Waals surface area (Å²) in [6.45, 7) is 0.213. The number of carboxylic acids is 1. The molecule has 1 rings (SSSR count). The number of thiophene rings is 1. The smallest absolute Gasteiger partial charge is 0.341 e. The minimum Gasteiger partial charge on any atom is -0.477 e. The summed E-state index contributed by atoms with van der Waals surface area (Å²) in [6, 6.07) is 0. The van der Waals surface area contributed by atoms with E-state index < -0.39 is 5.97 Å². The minimum absolute atomic E-state index is 0.0488. The highest BCUT2D eigenvalue weighted by Crippen LogP contribution is 2.30. The maximum absolute atomic E-state index is 10.6. The fraction of sp³-hybridized carbons (Fsp3) is 0. The molecule has 0 bridgehead atoms. The molecule has 6 heteroatoms. The molecule has 1 aromatic rings. The van der Waals surface area contributed by atoms with Gasteiger partial charge in [-0.3, -0.25) is 4.79 Å². The van der Waals surface area contributed by atoms with Crippen LogP contribution in [0.2, 0.25) is 0 Å². The van der Waals surface area contributed by atoms with Crippen molar-refractivity contribution in [2.75, 3.05) is 0 Å². The summed E-state index contributed by atoms with van der Waals surface area (Å²) in [7, 11) is 0. The number of ether oxygens (including phenoxy) is 1. The number of carbonyl (C=O) groups is 2. The van der Waals surface area contributed by atoms with E-state index in [0.717, 1.165) is 0 Å². The standard InChI is InChI=1S/C6H3IO4S/c7-5-4(6(9)10)3(1-12-5)11-2-8/h1-2H,(H,9,10). The van der Waals surface area contributed by atoms with Crippen molar-refractivity contribution in [1.82, 2.24) is 0 Å². The van der Waals surface area contributed by atoms with Gasteiger partial charge < -0.3 is 9.84 Å². The van der Waals surface area contributed by atoms with E-state index >= 15 is 0 Å². The number of aromatic carboxylic acids is 1. The predicted molar refractivity (Wildman–Crippen MR) is 50.7 cm³/mol. The van der Waals surface area contributed by atoms with Crippen molar-refractivity contribution in [2.45, 2.75) is 0 Å². The van der Waals surface area contributed by atoms with Gasteiger partial charge in [0, 0.05) is 5.38 Å². The lowest BCUT2D eigenvalue weighted by Crippen LogP contribution is -2.00. The van der Waals surface area contributed by atoms with Crippen molar-refractivity contribution in [3.05, 3.63) is 13.8 Å². The van der Waals surface area contributed by atoms with E-state index in [1.54, 1.807) is 0 Å². The van der Waals surface area contributed by atoms with Crippen LogP contribution in [0.15, 0.2) is 5.38 Å². The van der Waals surface area contributed by atoms with Crippen molar-refractivity contribution in [3.63, 3.8) is 0 Å². The topological polar surface area (TPSA) is 63.6 Å². The first-order chi connectivity index (χ1) is 5.66. The van der Waals surface area contributed by atoms with Crippen LogP contribution in [0.1, 0.15) is 10.4 Å². The van der Waals surface area contributed by atoms with Crippen molar-refractivity contribution < 1.29 is 19.4 Å². The minimum atomic E-state index is -1.09. The highest BCUT2D eigenvalue weighted by molar-refractivity contribution is 14.1. The zero-order valence-corrected chi connectivity index (χ0v) is 8.59. The van der Waals surface area contributed by atoms with Gasteiger partial charge in [-0.2, -0.15) is 0 Å². The largest absolute Gasteiger partial charge is 0.477 e. The molecule has 4 nitrogen and oxygen atoms in total. The third-order valence-electron chi connectivity index (χ3n) is 1.10. The zero-order valence-electron chi connectivity index (χ0n) is 5.61. The summed E-state index contributed by atoms with van der Waals surface area (Å²) >= 11 is 3.10. The second kappa shape index (κ2) is 3.85. The molecule has 0 saturated heterocycles. The lowest BCUT2D eigenvalue weighted by molar-refractivity contribution is -0.120. The fourth-order valence-electron chi connectivity index (χ4n) is 0.648. The third-order valence-corrected chi connectivity index (χ3v) is 3.15. The predicted octanol–water partition coefficient (Wildman–Crippen LogP) is 1.59. The van der Waals surface area contributed by atoms with Gasteiger partial charge in [-0.25, -0.2) is 4.79 Å². The van der Waals surface area contributed by atoms with Crippen LogP contribution < -0.4 is 4.74 Å². The second-order valence-corrected chi connectivity index (χ2v) is 4.46. The summed E-state index contributed by atoms with van der Waals surface area (Å²) in [4.78, 5) is 20.5. The van der Waals surface area contributed by atoms with E-state index in [9.17, 15) is 9.59 Å². The van der Waals surface area contributed by atoms with Gasteiger partial charge in [-0.15, -0.1) is 11.3 Å². The van der Waals surface area contributed by atoms with Gasteiger partial charge >= 0.3 is 5.97 Å². The summed E-state index contributed by atoms with van der Waals surface area (Å²) in [6.07, 6.45) is 0. The normalized spacial score (nSPS) is 9.42. The molecule has 0 aliphatic carbocycles.